The van der Waals surface area contributed by atoms with Crippen molar-refractivity contribution in [1.82, 2.24) is 10.6 Å². The third kappa shape index (κ3) is 8.65. The van der Waals surface area contributed by atoms with E-state index in [4.69, 9.17) is 0 Å². The first-order valence-electron chi connectivity index (χ1n) is 12.2. The number of rotatable bonds is 13. The van der Waals surface area contributed by atoms with Gasteiger partial charge in [-0.1, -0.05) is 26.7 Å². The average Bonchev–Trinajstić information content (AvgIpc) is 2.83. The number of carbonyl (C=O) groups is 2. The van der Waals surface area contributed by atoms with E-state index in [1.54, 1.807) is 26.0 Å². The summed E-state index contributed by atoms with van der Waals surface area (Å²) < 4.78 is 0. The van der Waals surface area contributed by atoms with E-state index in [1.807, 2.05) is 13.8 Å². The van der Waals surface area contributed by atoms with Crippen molar-refractivity contribution in [2.75, 3.05) is 13.1 Å². The molecule has 0 aromatic rings. The third-order valence-corrected chi connectivity index (χ3v) is 5.96. The molecule has 0 radical (unpaired) electrons. The van der Waals surface area contributed by atoms with Gasteiger partial charge >= 0.3 is 11.4 Å². The van der Waals surface area contributed by atoms with Crippen molar-refractivity contribution in [2.45, 2.75) is 66.2 Å². The summed E-state index contributed by atoms with van der Waals surface area (Å²) in [5.74, 6) is -1.13. The van der Waals surface area contributed by atoms with Gasteiger partial charge in [0.1, 0.15) is 0 Å². The van der Waals surface area contributed by atoms with Crippen LogP contribution in [0.25, 0.3) is 0 Å². The number of hydrogen-bond donors (Lipinski definition) is 2. The molecule has 2 N–H and O–H groups in total. The molecule has 2 aliphatic carbocycles. The Kier molecular flexibility index (Phi) is 12.9. The minimum atomic E-state index is -0.639. The molecule has 0 heterocycles. The summed E-state index contributed by atoms with van der Waals surface area (Å²) in [4.78, 5) is 46.0. The number of hydrogen-bond acceptors (Lipinski definition) is 8. The second-order valence-corrected chi connectivity index (χ2v) is 8.77. The number of unbranched alkanes of at least 4 members (excludes halogenated alkanes) is 3. The van der Waals surface area contributed by atoms with Crippen LogP contribution in [-0.4, -0.2) is 34.5 Å². The van der Waals surface area contributed by atoms with Crippen LogP contribution in [-0.2, 0) is 26.7 Å². The van der Waals surface area contributed by atoms with Gasteiger partial charge in [-0.15, -0.1) is 0 Å². The summed E-state index contributed by atoms with van der Waals surface area (Å²) >= 11 is 0. The van der Waals surface area contributed by atoms with Crippen molar-refractivity contribution in [3.63, 3.8) is 0 Å². The van der Waals surface area contributed by atoms with E-state index in [9.17, 15) is 29.8 Å². The van der Waals surface area contributed by atoms with Crippen LogP contribution in [0.1, 0.15) is 66.2 Å². The smallest absolute Gasteiger partial charge is 0.317 e. The molecular formula is C26H34FeN4O6. The molecule has 0 unspecified atom stereocenters. The zero-order valence-corrected chi connectivity index (χ0v) is 22.8. The molecule has 10 nitrogen and oxygen atoms in total. The molecular weight excluding hydrogens is 520 g/mol. The van der Waals surface area contributed by atoms with E-state index in [2.05, 4.69) is 10.6 Å². The normalized spacial score (nSPS) is 18.1. The summed E-state index contributed by atoms with van der Waals surface area (Å²) in [5.41, 5.74) is 2.65. The molecule has 2 rings (SSSR count). The summed E-state index contributed by atoms with van der Waals surface area (Å²) in [7, 11) is 0. The standard InChI is InChI=1S/C26H34N4O6.Fe/c1-5-21(19-13-17(3)15-23(25(19)31)29(33)34)27-11-9-7-8-10-12-28-22(6-2)20-14-18(4)16-24(26(20)32)30(35)36;/h13-16,27-28H,5-12H2,1-4H3;/b21-19-,22-20-;. The van der Waals surface area contributed by atoms with Crippen molar-refractivity contribution in [1.29, 1.82) is 0 Å². The monoisotopic (exact) mass is 554 g/mol. The predicted molar refractivity (Wildman–Crippen MR) is 137 cm³/mol. The van der Waals surface area contributed by atoms with Gasteiger partial charge in [-0.3, -0.25) is 29.8 Å². The Morgan fingerprint density at radius 3 is 1.35 bits per heavy atom. The SMILES string of the molecule is CC/C(NCCCCCCN/C(CC)=C1/C=C(C)C=C([N+](=O)[O-])C1=O)=C1\C=C(C)C=C([N+](=O)[O-])C1=O.[Fe]. The van der Waals surface area contributed by atoms with Crippen LogP contribution in [0.2, 0.25) is 0 Å². The van der Waals surface area contributed by atoms with Gasteiger partial charge in [0.25, 0.3) is 11.6 Å². The summed E-state index contributed by atoms with van der Waals surface area (Å²) in [6.45, 7) is 8.57. The zero-order chi connectivity index (χ0) is 26.8. The summed E-state index contributed by atoms with van der Waals surface area (Å²) in [5, 5.41) is 28.9. The van der Waals surface area contributed by atoms with Crippen molar-refractivity contribution >= 4 is 11.6 Å². The topological polar surface area (TPSA) is 144 Å². The van der Waals surface area contributed by atoms with Crippen LogP contribution in [0.3, 0.4) is 0 Å². The van der Waals surface area contributed by atoms with Crippen LogP contribution in [0.15, 0.2) is 69.4 Å². The van der Waals surface area contributed by atoms with Crippen molar-refractivity contribution in [3.05, 3.63) is 89.6 Å². The van der Waals surface area contributed by atoms with Crippen LogP contribution >= 0.6 is 0 Å². The number of carbonyl (C=O) groups excluding carboxylic acids is 2. The number of nitrogens with one attached hydrogen (secondary N) is 2. The molecule has 0 aromatic heterocycles. The first kappa shape index (κ1) is 31.7. The van der Waals surface area contributed by atoms with Gasteiger partial charge in [-0.25, -0.2) is 0 Å². The summed E-state index contributed by atoms with van der Waals surface area (Å²) in [6.07, 6.45) is 10.7. The molecule has 0 aliphatic heterocycles. The average molecular weight is 554 g/mol. The van der Waals surface area contributed by atoms with Crippen LogP contribution in [0.5, 0.6) is 0 Å². The molecule has 0 bridgehead atoms. The number of Topliss-reactive ketones (excluding diaryl/α,β-unsaturated/α-hetero) is 2. The fourth-order valence-corrected chi connectivity index (χ4v) is 4.13. The Morgan fingerprint density at radius 2 is 1.05 bits per heavy atom. The van der Waals surface area contributed by atoms with E-state index >= 15 is 0 Å². The second-order valence-electron chi connectivity index (χ2n) is 8.77. The molecule has 11 heteroatoms. The predicted octanol–water partition coefficient (Wildman–Crippen LogP) is 4.43. The van der Waals surface area contributed by atoms with Gasteiger partial charge in [0.15, 0.2) is 0 Å². The van der Waals surface area contributed by atoms with E-state index in [1.165, 1.54) is 12.2 Å². The van der Waals surface area contributed by atoms with E-state index in [-0.39, 0.29) is 17.1 Å². The molecule has 0 fully saturated rings. The quantitative estimate of drug-likeness (QED) is 0.112. The Bertz CT molecular complexity index is 1040. The molecule has 0 saturated heterocycles. The first-order chi connectivity index (χ1) is 17.1. The molecule has 202 valence electrons. The van der Waals surface area contributed by atoms with Crippen LogP contribution in [0.4, 0.5) is 0 Å². The van der Waals surface area contributed by atoms with Gasteiger partial charge in [0, 0.05) is 64.9 Å². The fourth-order valence-electron chi connectivity index (χ4n) is 4.13. The molecule has 0 amide bonds. The fraction of sp³-hybridized carbons (Fsp3) is 0.462. The van der Waals surface area contributed by atoms with Gasteiger partial charge in [0.2, 0.25) is 0 Å². The van der Waals surface area contributed by atoms with E-state index < -0.39 is 32.8 Å². The Hall–Kier alpha value is -3.30. The van der Waals surface area contributed by atoms with Crippen molar-refractivity contribution in [3.8, 4) is 0 Å². The Balaban J connectivity index is 0.00000684. The molecule has 0 atom stereocenters. The maximum atomic E-state index is 12.5. The van der Waals surface area contributed by atoms with Crippen molar-refractivity contribution < 1.29 is 36.5 Å². The van der Waals surface area contributed by atoms with E-state index in [0.29, 0.717) is 59.6 Å². The Labute approximate surface area is 227 Å². The van der Waals surface area contributed by atoms with Gasteiger partial charge in [-0.05, 0) is 62.8 Å². The van der Waals surface area contributed by atoms with Crippen LogP contribution < -0.4 is 10.6 Å². The minimum Gasteiger partial charge on any atom is -0.388 e. The molecule has 2 aliphatic rings. The molecule has 0 saturated carbocycles. The number of nitro groups is 2. The first-order valence-corrected chi connectivity index (χ1v) is 12.2. The van der Waals surface area contributed by atoms with Gasteiger partial charge in [0.05, 0.1) is 9.85 Å². The van der Waals surface area contributed by atoms with Gasteiger partial charge in [-0.2, -0.15) is 0 Å². The third-order valence-electron chi connectivity index (χ3n) is 5.96. The molecule has 37 heavy (non-hydrogen) atoms. The zero-order valence-electron chi connectivity index (χ0n) is 21.7. The molecule has 0 aromatic carbocycles. The second kappa shape index (κ2) is 15.1. The van der Waals surface area contributed by atoms with Gasteiger partial charge < -0.3 is 10.6 Å². The minimum absolute atomic E-state index is 0. The summed E-state index contributed by atoms with van der Waals surface area (Å²) in [6, 6.07) is 0. The maximum Gasteiger partial charge on any atom is 0.317 e. The van der Waals surface area contributed by atoms with Crippen molar-refractivity contribution in [2.24, 2.45) is 0 Å². The number of ketones is 2. The maximum absolute atomic E-state index is 12.5. The Morgan fingerprint density at radius 1 is 0.703 bits per heavy atom. The van der Waals surface area contributed by atoms with Crippen LogP contribution in [0, 0.1) is 20.2 Å². The number of nitrogens with zero attached hydrogens (tertiary/aromatic N) is 2. The largest absolute Gasteiger partial charge is 0.388 e. The number of allylic oxidation sites excluding steroid dienone is 10. The van der Waals surface area contributed by atoms with E-state index in [0.717, 1.165) is 25.7 Å². The molecule has 0 spiro atoms.